The Morgan fingerprint density at radius 3 is 2.06 bits per heavy atom. The van der Waals surface area contributed by atoms with Gasteiger partial charge in [-0.3, -0.25) is 0 Å². The molecule has 0 aliphatic carbocycles. The van der Waals surface area contributed by atoms with Gasteiger partial charge in [0, 0.05) is 34.4 Å². The maximum Gasteiger partial charge on any atom is 0.159 e. The lowest BCUT2D eigenvalue weighted by molar-refractivity contribution is 0.575. The lowest BCUT2D eigenvalue weighted by Gasteiger charge is -2.08. The molecule has 0 unspecified atom stereocenters. The Bertz CT molecular complexity index is 1370. The van der Waals surface area contributed by atoms with E-state index in [1.54, 1.807) is 0 Å². The van der Waals surface area contributed by atoms with Gasteiger partial charge in [-0.2, -0.15) is 0 Å². The average Bonchev–Trinajstić information content (AvgIpc) is 3.25. The quantitative estimate of drug-likeness (QED) is 0.184. The maximum atomic E-state index is 4.73. The Labute approximate surface area is 208 Å². The molecule has 0 aliphatic rings. The first kappa shape index (κ1) is 23.3. The molecule has 0 radical (unpaired) electrons. The van der Waals surface area contributed by atoms with Crippen LogP contribution in [0.25, 0.3) is 38.9 Å². The summed E-state index contributed by atoms with van der Waals surface area (Å²) < 4.78 is 2.34. The molecule has 2 aromatic heterocycles. The van der Waals surface area contributed by atoms with E-state index in [0.29, 0.717) is 0 Å². The summed E-state index contributed by atoms with van der Waals surface area (Å²) in [6.07, 6.45) is 15.8. The van der Waals surface area contributed by atoms with E-state index in [2.05, 4.69) is 84.3 Å². The molecule has 0 amide bonds. The minimum Gasteiger partial charge on any atom is -0.309 e. The third-order valence-corrected chi connectivity index (χ3v) is 6.97. The van der Waals surface area contributed by atoms with Crippen molar-refractivity contribution in [3.63, 3.8) is 0 Å². The summed E-state index contributed by atoms with van der Waals surface area (Å²) in [6, 6.07) is 25.8. The minimum atomic E-state index is 0.795. The van der Waals surface area contributed by atoms with Gasteiger partial charge in [0.1, 0.15) is 0 Å². The molecule has 5 rings (SSSR count). The predicted octanol–water partition coefficient (Wildman–Crippen LogP) is 8.92. The molecule has 2 heterocycles. The number of hydrogen-bond acceptors (Lipinski definition) is 2. The van der Waals surface area contributed by atoms with Crippen LogP contribution >= 0.6 is 0 Å². The highest BCUT2D eigenvalue weighted by atomic mass is 15.0. The Balaban J connectivity index is 1.31. The molecule has 178 valence electrons. The van der Waals surface area contributed by atoms with E-state index in [1.165, 1.54) is 84.4 Å². The molecular formula is C32H35N3. The Kier molecular flexibility index (Phi) is 7.53. The maximum absolute atomic E-state index is 4.73. The van der Waals surface area contributed by atoms with E-state index in [1.807, 2.05) is 12.4 Å². The number of para-hydroxylation sites is 2. The van der Waals surface area contributed by atoms with E-state index >= 15 is 0 Å². The summed E-state index contributed by atoms with van der Waals surface area (Å²) in [7, 11) is 0. The molecule has 0 bridgehead atoms. The number of hydrogen-bond donors (Lipinski definition) is 0. The van der Waals surface area contributed by atoms with Crippen molar-refractivity contribution in [2.24, 2.45) is 0 Å². The van der Waals surface area contributed by atoms with Gasteiger partial charge in [-0.05, 0) is 54.8 Å². The zero-order chi connectivity index (χ0) is 23.9. The van der Waals surface area contributed by atoms with Gasteiger partial charge in [0.15, 0.2) is 5.82 Å². The summed E-state index contributed by atoms with van der Waals surface area (Å²) in [4.78, 5) is 9.46. The lowest BCUT2D eigenvalue weighted by atomic mass is 10.1. The first-order chi connectivity index (χ1) is 17.3. The fourth-order valence-corrected chi connectivity index (χ4v) is 5.06. The third kappa shape index (κ3) is 5.30. The van der Waals surface area contributed by atoms with Gasteiger partial charge in [0.05, 0.1) is 11.0 Å². The topological polar surface area (TPSA) is 30.7 Å². The molecule has 0 spiro atoms. The first-order valence-corrected chi connectivity index (χ1v) is 13.2. The molecule has 35 heavy (non-hydrogen) atoms. The standard InChI is InChI=1S/C32H35N3/c1-2-3-4-5-6-7-8-10-15-25-23-33-32(34-24-25)26-20-21-31-29(22-26)28-18-13-14-19-30(28)35(31)27-16-11-9-12-17-27/h9,11-14,16-24H,2-8,10,15H2,1H3. The highest BCUT2D eigenvalue weighted by molar-refractivity contribution is 6.10. The van der Waals surface area contributed by atoms with Gasteiger partial charge in [-0.1, -0.05) is 88.3 Å². The van der Waals surface area contributed by atoms with Crippen molar-refractivity contribution in [2.45, 2.75) is 64.7 Å². The van der Waals surface area contributed by atoms with Crippen LogP contribution in [0.3, 0.4) is 0 Å². The Hall–Kier alpha value is -3.46. The summed E-state index contributed by atoms with van der Waals surface area (Å²) in [6.45, 7) is 2.27. The van der Waals surface area contributed by atoms with Gasteiger partial charge in [-0.25, -0.2) is 9.97 Å². The average molecular weight is 462 g/mol. The molecule has 0 saturated carbocycles. The van der Waals surface area contributed by atoms with E-state index in [4.69, 9.17) is 9.97 Å². The van der Waals surface area contributed by atoms with Crippen LogP contribution < -0.4 is 0 Å². The van der Waals surface area contributed by atoms with Crippen LogP contribution in [0.2, 0.25) is 0 Å². The Morgan fingerprint density at radius 2 is 1.29 bits per heavy atom. The zero-order valence-corrected chi connectivity index (χ0v) is 20.8. The first-order valence-electron chi connectivity index (χ1n) is 13.2. The number of aryl methyl sites for hydroxylation is 1. The van der Waals surface area contributed by atoms with E-state index < -0.39 is 0 Å². The van der Waals surface area contributed by atoms with Gasteiger partial charge in [-0.15, -0.1) is 0 Å². The van der Waals surface area contributed by atoms with Crippen molar-refractivity contribution in [2.75, 3.05) is 0 Å². The highest BCUT2D eigenvalue weighted by Gasteiger charge is 2.13. The van der Waals surface area contributed by atoms with Crippen molar-refractivity contribution in [1.82, 2.24) is 14.5 Å². The molecule has 0 N–H and O–H groups in total. The second kappa shape index (κ2) is 11.3. The van der Waals surface area contributed by atoms with E-state index in [-0.39, 0.29) is 0 Å². The van der Waals surface area contributed by atoms with Crippen molar-refractivity contribution in [1.29, 1.82) is 0 Å². The molecule has 3 heteroatoms. The molecule has 5 aromatic rings. The SMILES string of the molecule is CCCCCCCCCCc1cnc(-c2ccc3c(c2)c2ccccc2n3-c2ccccc2)nc1. The number of unbranched alkanes of at least 4 members (excludes halogenated alkanes) is 7. The van der Waals surface area contributed by atoms with Crippen molar-refractivity contribution in [3.05, 3.63) is 90.8 Å². The zero-order valence-electron chi connectivity index (χ0n) is 20.8. The second-order valence-electron chi connectivity index (χ2n) is 9.56. The van der Waals surface area contributed by atoms with Crippen LogP contribution in [-0.4, -0.2) is 14.5 Å². The normalized spacial score (nSPS) is 11.5. The van der Waals surface area contributed by atoms with Crippen LogP contribution in [-0.2, 0) is 6.42 Å². The summed E-state index contributed by atoms with van der Waals surface area (Å²) in [5.41, 5.74) is 5.89. The predicted molar refractivity (Wildman–Crippen MR) is 148 cm³/mol. The largest absolute Gasteiger partial charge is 0.309 e. The number of fused-ring (bicyclic) bond motifs is 3. The van der Waals surface area contributed by atoms with Gasteiger partial charge in [0.25, 0.3) is 0 Å². The van der Waals surface area contributed by atoms with E-state index in [9.17, 15) is 0 Å². The lowest BCUT2D eigenvalue weighted by Crippen LogP contribution is -1.94. The monoisotopic (exact) mass is 461 g/mol. The smallest absolute Gasteiger partial charge is 0.159 e. The molecule has 0 atom stereocenters. The summed E-state index contributed by atoms with van der Waals surface area (Å²) in [5, 5.41) is 2.48. The highest BCUT2D eigenvalue weighted by Crippen LogP contribution is 2.34. The van der Waals surface area contributed by atoms with Gasteiger partial charge in [0.2, 0.25) is 0 Å². The van der Waals surface area contributed by atoms with Gasteiger partial charge < -0.3 is 4.57 Å². The number of nitrogens with zero attached hydrogens (tertiary/aromatic N) is 3. The van der Waals surface area contributed by atoms with Crippen molar-refractivity contribution in [3.8, 4) is 17.1 Å². The third-order valence-electron chi connectivity index (χ3n) is 6.97. The Morgan fingerprint density at radius 1 is 0.629 bits per heavy atom. The van der Waals surface area contributed by atoms with E-state index in [0.717, 1.165) is 17.8 Å². The van der Waals surface area contributed by atoms with Crippen molar-refractivity contribution < 1.29 is 0 Å². The molecule has 0 saturated heterocycles. The van der Waals surface area contributed by atoms with Crippen LogP contribution in [0.1, 0.15) is 63.9 Å². The number of rotatable bonds is 11. The van der Waals surface area contributed by atoms with Crippen LogP contribution in [0.15, 0.2) is 85.2 Å². The molecule has 0 fully saturated rings. The molecular weight excluding hydrogens is 426 g/mol. The minimum absolute atomic E-state index is 0.795. The molecule has 3 aromatic carbocycles. The van der Waals surface area contributed by atoms with Crippen LogP contribution in [0.4, 0.5) is 0 Å². The number of benzene rings is 3. The number of aromatic nitrogens is 3. The second-order valence-corrected chi connectivity index (χ2v) is 9.56. The van der Waals surface area contributed by atoms with Gasteiger partial charge >= 0.3 is 0 Å². The fraction of sp³-hybridized carbons (Fsp3) is 0.312. The van der Waals surface area contributed by atoms with Crippen LogP contribution in [0, 0.1) is 0 Å². The fourth-order valence-electron chi connectivity index (χ4n) is 5.06. The molecule has 3 nitrogen and oxygen atoms in total. The summed E-state index contributed by atoms with van der Waals surface area (Å²) in [5.74, 6) is 0.795. The summed E-state index contributed by atoms with van der Waals surface area (Å²) >= 11 is 0. The van der Waals surface area contributed by atoms with Crippen molar-refractivity contribution >= 4 is 21.8 Å². The molecule has 0 aliphatic heterocycles. The van der Waals surface area contributed by atoms with Crippen LogP contribution in [0.5, 0.6) is 0 Å².